The second-order valence-electron chi connectivity index (χ2n) is 7.33. The van der Waals surface area contributed by atoms with Crippen LogP contribution in [0.2, 0.25) is 0 Å². The molecule has 0 spiro atoms. The quantitative estimate of drug-likeness (QED) is 0.790. The number of alkyl carbamates (subject to hydrolysis) is 1. The molecule has 1 aliphatic carbocycles. The molecule has 124 valence electrons. The summed E-state index contributed by atoms with van der Waals surface area (Å²) in [7, 11) is 2.10. The first-order valence-corrected chi connectivity index (χ1v) is 8.12. The molecule has 5 nitrogen and oxygen atoms in total. The second kappa shape index (κ2) is 7.99. The molecule has 0 aromatic heterocycles. The van der Waals surface area contributed by atoms with Crippen LogP contribution in [-0.2, 0) is 4.74 Å². The molecule has 0 aromatic rings. The van der Waals surface area contributed by atoms with E-state index in [0.29, 0.717) is 6.54 Å². The van der Waals surface area contributed by atoms with E-state index >= 15 is 0 Å². The first kappa shape index (κ1) is 18.2. The van der Waals surface area contributed by atoms with Crippen molar-refractivity contribution in [3.63, 3.8) is 0 Å². The van der Waals surface area contributed by atoms with Gasteiger partial charge in [0.1, 0.15) is 5.60 Å². The number of nitrogens with zero attached hydrogens (tertiary/aromatic N) is 1. The third-order valence-corrected chi connectivity index (χ3v) is 4.15. The van der Waals surface area contributed by atoms with Crippen LogP contribution in [0.4, 0.5) is 4.79 Å². The van der Waals surface area contributed by atoms with Crippen LogP contribution >= 0.6 is 0 Å². The molecule has 1 fully saturated rings. The first-order valence-electron chi connectivity index (χ1n) is 8.12. The van der Waals surface area contributed by atoms with Crippen molar-refractivity contribution < 1.29 is 9.53 Å². The number of carbonyl (C=O) groups excluding carboxylic acids is 1. The number of carbonyl (C=O) groups is 1. The second-order valence-corrected chi connectivity index (χ2v) is 7.33. The Labute approximate surface area is 129 Å². The zero-order valence-corrected chi connectivity index (χ0v) is 14.3. The van der Waals surface area contributed by atoms with Gasteiger partial charge in [0.2, 0.25) is 0 Å². The van der Waals surface area contributed by atoms with Gasteiger partial charge < -0.3 is 15.8 Å². The Hall–Kier alpha value is -0.810. The summed E-state index contributed by atoms with van der Waals surface area (Å²) in [5, 5.41) is 2.91. The number of amides is 1. The summed E-state index contributed by atoms with van der Waals surface area (Å²) in [4.78, 5) is 14.2. The molecule has 0 heterocycles. The molecule has 2 unspecified atom stereocenters. The lowest BCUT2D eigenvalue weighted by molar-refractivity contribution is 0.0474. The van der Waals surface area contributed by atoms with E-state index in [-0.39, 0.29) is 18.2 Å². The molecule has 0 saturated heterocycles. The van der Waals surface area contributed by atoms with Crippen LogP contribution in [0.25, 0.3) is 0 Å². The highest BCUT2D eigenvalue weighted by atomic mass is 16.6. The van der Waals surface area contributed by atoms with Gasteiger partial charge in [-0.2, -0.15) is 0 Å². The molecular weight excluding hydrogens is 266 g/mol. The topological polar surface area (TPSA) is 67.6 Å². The van der Waals surface area contributed by atoms with Crippen LogP contribution < -0.4 is 11.1 Å². The van der Waals surface area contributed by atoms with Crippen molar-refractivity contribution in [2.24, 2.45) is 11.7 Å². The van der Waals surface area contributed by atoms with Gasteiger partial charge in [0.25, 0.3) is 0 Å². The largest absolute Gasteiger partial charge is 0.444 e. The SMILES string of the molecule is CC(NC(=O)OC(C)(C)C)C(CN)N(C)CC1CCCC1. The highest BCUT2D eigenvalue weighted by molar-refractivity contribution is 5.68. The van der Waals surface area contributed by atoms with Crippen molar-refractivity contribution in [3.05, 3.63) is 0 Å². The lowest BCUT2D eigenvalue weighted by Crippen LogP contribution is -2.54. The molecule has 0 aliphatic heterocycles. The maximum absolute atomic E-state index is 11.9. The zero-order valence-electron chi connectivity index (χ0n) is 14.3. The van der Waals surface area contributed by atoms with Gasteiger partial charge in [-0.25, -0.2) is 4.79 Å². The van der Waals surface area contributed by atoms with Crippen molar-refractivity contribution >= 4 is 6.09 Å². The molecule has 1 saturated carbocycles. The molecule has 0 aromatic carbocycles. The Kier molecular flexibility index (Phi) is 6.94. The number of hydrogen-bond acceptors (Lipinski definition) is 4. The standard InChI is InChI=1S/C16H33N3O2/c1-12(18-15(20)21-16(2,3)4)14(10-17)19(5)11-13-8-6-7-9-13/h12-14H,6-11,17H2,1-5H3,(H,18,20). The van der Waals surface area contributed by atoms with E-state index < -0.39 is 5.60 Å². The minimum absolute atomic E-state index is 0.0312. The lowest BCUT2D eigenvalue weighted by Gasteiger charge is -2.34. The predicted molar refractivity (Wildman–Crippen MR) is 86.3 cm³/mol. The minimum atomic E-state index is -0.474. The fourth-order valence-electron chi connectivity index (χ4n) is 3.09. The van der Waals surface area contributed by atoms with Crippen LogP contribution in [0.15, 0.2) is 0 Å². The smallest absolute Gasteiger partial charge is 0.407 e. The summed E-state index contributed by atoms with van der Waals surface area (Å²) in [5.41, 5.74) is 5.44. The van der Waals surface area contributed by atoms with Gasteiger partial charge in [0.05, 0.1) is 0 Å². The van der Waals surface area contributed by atoms with Gasteiger partial charge in [-0.15, -0.1) is 0 Å². The fraction of sp³-hybridized carbons (Fsp3) is 0.938. The van der Waals surface area contributed by atoms with Crippen molar-refractivity contribution in [1.29, 1.82) is 0 Å². The molecule has 21 heavy (non-hydrogen) atoms. The molecule has 3 N–H and O–H groups in total. The molecule has 0 radical (unpaired) electrons. The number of likely N-dealkylation sites (N-methyl/N-ethyl adjacent to an activating group) is 1. The fourth-order valence-corrected chi connectivity index (χ4v) is 3.09. The van der Waals surface area contributed by atoms with Crippen molar-refractivity contribution in [1.82, 2.24) is 10.2 Å². The van der Waals surface area contributed by atoms with E-state index in [0.717, 1.165) is 12.5 Å². The van der Waals surface area contributed by atoms with E-state index in [1.54, 1.807) is 0 Å². The van der Waals surface area contributed by atoms with Crippen molar-refractivity contribution in [2.45, 2.75) is 71.1 Å². The van der Waals surface area contributed by atoms with Gasteiger partial charge >= 0.3 is 6.09 Å². The monoisotopic (exact) mass is 299 g/mol. The summed E-state index contributed by atoms with van der Waals surface area (Å²) < 4.78 is 5.31. The van der Waals surface area contributed by atoms with Gasteiger partial charge in [-0.3, -0.25) is 4.90 Å². The molecular formula is C16H33N3O2. The van der Waals surface area contributed by atoms with E-state index in [9.17, 15) is 4.79 Å². The highest BCUT2D eigenvalue weighted by Crippen LogP contribution is 2.25. The van der Waals surface area contributed by atoms with Crippen LogP contribution in [0.5, 0.6) is 0 Å². The van der Waals surface area contributed by atoms with Crippen molar-refractivity contribution in [2.75, 3.05) is 20.1 Å². The summed E-state index contributed by atoms with van der Waals surface area (Å²) in [5.74, 6) is 0.776. The van der Waals surface area contributed by atoms with E-state index in [4.69, 9.17) is 10.5 Å². The lowest BCUT2D eigenvalue weighted by atomic mass is 10.0. The Morgan fingerprint density at radius 2 is 1.95 bits per heavy atom. The number of nitrogens with two attached hydrogens (primary N) is 1. The molecule has 1 rings (SSSR count). The number of rotatable bonds is 6. The maximum atomic E-state index is 11.9. The van der Waals surface area contributed by atoms with Gasteiger partial charge in [-0.05, 0) is 53.5 Å². The minimum Gasteiger partial charge on any atom is -0.444 e. The Morgan fingerprint density at radius 3 is 2.43 bits per heavy atom. The predicted octanol–water partition coefficient (Wildman–Crippen LogP) is 2.35. The normalized spacial score (nSPS) is 19.6. The Bertz CT molecular complexity index is 322. The molecule has 2 atom stereocenters. The van der Waals surface area contributed by atoms with E-state index in [1.807, 2.05) is 27.7 Å². The number of nitrogens with one attached hydrogen (secondary N) is 1. The summed E-state index contributed by atoms with van der Waals surface area (Å²) in [6.07, 6.45) is 4.95. The average molecular weight is 299 g/mol. The first-order chi connectivity index (χ1) is 9.73. The Morgan fingerprint density at radius 1 is 1.38 bits per heavy atom. The highest BCUT2D eigenvalue weighted by Gasteiger charge is 2.26. The van der Waals surface area contributed by atoms with Crippen LogP contribution in [0, 0.1) is 5.92 Å². The molecule has 0 bridgehead atoms. The third-order valence-electron chi connectivity index (χ3n) is 4.15. The van der Waals surface area contributed by atoms with E-state index in [1.165, 1.54) is 25.7 Å². The molecule has 5 heteroatoms. The van der Waals surface area contributed by atoms with Gasteiger partial charge in [0.15, 0.2) is 0 Å². The van der Waals surface area contributed by atoms with Crippen LogP contribution in [0.1, 0.15) is 53.4 Å². The van der Waals surface area contributed by atoms with E-state index in [2.05, 4.69) is 17.3 Å². The maximum Gasteiger partial charge on any atom is 0.407 e. The van der Waals surface area contributed by atoms with Crippen LogP contribution in [0.3, 0.4) is 0 Å². The van der Waals surface area contributed by atoms with Gasteiger partial charge in [0, 0.05) is 25.2 Å². The zero-order chi connectivity index (χ0) is 16.0. The average Bonchev–Trinajstić information content (AvgIpc) is 2.79. The molecule has 1 aliphatic rings. The molecule has 1 amide bonds. The van der Waals surface area contributed by atoms with Gasteiger partial charge in [-0.1, -0.05) is 12.8 Å². The number of hydrogen-bond donors (Lipinski definition) is 2. The summed E-state index contributed by atoms with van der Waals surface area (Å²) in [6, 6.07) is 0.106. The van der Waals surface area contributed by atoms with Crippen LogP contribution in [-0.4, -0.2) is 48.8 Å². The third kappa shape index (κ3) is 6.66. The Balaban J connectivity index is 2.47. The van der Waals surface area contributed by atoms with Crippen molar-refractivity contribution in [3.8, 4) is 0 Å². The number of ether oxygens (including phenoxy) is 1. The summed E-state index contributed by atoms with van der Waals surface area (Å²) >= 11 is 0. The summed E-state index contributed by atoms with van der Waals surface area (Å²) in [6.45, 7) is 9.17.